The Morgan fingerprint density at radius 2 is 1.75 bits per heavy atom. The first kappa shape index (κ1) is 16.3. The Balaban J connectivity index is 2.08. The number of rotatable bonds is 3. The molecule has 1 saturated carbocycles. The molecule has 20 heavy (non-hydrogen) atoms. The van der Waals surface area contributed by atoms with Crippen molar-refractivity contribution < 1.29 is 0 Å². The molecular weight excluding hydrogens is 246 g/mol. The molecule has 3 heteroatoms. The zero-order chi connectivity index (χ0) is 15.0. The van der Waals surface area contributed by atoms with Gasteiger partial charge in [0, 0.05) is 31.2 Å². The summed E-state index contributed by atoms with van der Waals surface area (Å²) in [6, 6.07) is 0.759. The Kier molecular flexibility index (Phi) is 4.83. The highest BCUT2D eigenvalue weighted by Gasteiger charge is 2.46. The molecule has 0 aromatic heterocycles. The molecule has 0 radical (unpaired) electrons. The number of hydrogen-bond donors (Lipinski definition) is 1. The van der Waals surface area contributed by atoms with E-state index in [2.05, 4.69) is 44.7 Å². The normalized spacial score (nSPS) is 36.5. The number of piperidine rings is 1. The third-order valence-corrected chi connectivity index (χ3v) is 5.68. The Morgan fingerprint density at radius 1 is 1.15 bits per heavy atom. The molecule has 2 atom stereocenters. The minimum Gasteiger partial charge on any atom is -0.329 e. The van der Waals surface area contributed by atoms with Gasteiger partial charge in [-0.1, -0.05) is 20.8 Å². The molecule has 1 heterocycles. The maximum atomic E-state index is 6.29. The topological polar surface area (TPSA) is 32.5 Å². The quantitative estimate of drug-likeness (QED) is 0.863. The highest BCUT2D eigenvalue weighted by molar-refractivity contribution is 5.02. The smallest absolute Gasteiger partial charge is 0.0339 e. The summed E-state index contributed by atoms with van der Waals surface area (Å²) in [4.78, 5) is 5.13. The first-order valence-corrected chi connectivity index (χ1v) is 8.40. The van der Waals surface area contributed by atoms with Crippen LogP contribution in [0.3, 0.4) is 0 Å². The molecule has 1 saturated heterocycles. The fourth-order valence-electron chi connectivity index (χ4n) is 5.08. The highest BCUT2D eigenvalue weighted by atomic mass is 15.2. The molecular formula is C17H35N3. The van der Waals surface area contributed by atoms with Crippen molar-refractivity contribution >= 4 is 0 Å². The predicted molar refractivity (Wildman–Crippen MR) is 86.9 cm³/mol. The van der Waals surface area contributed by atoms with Crippen molar-refractivity contribution in [1.29, 1.82) is 0 Å². The van der Waals surface area contributed by atoms with Gasteiger partial charge < -0.3 is 10.6 Å². The molecule has 2 unspecified atom stereocenters. The van der Waals surface area contributed by atoms with Crippen LogP contribution in [0.1, 0.15) is 52.9 Å². The molecule has 2 rings (SSSR count). The second-order valence-corrected chi connectivity index (χ2v) is 8.46. The molecule has 1 aliphatic carbocycles. The summed E-state index contributed by atoms with van der Waals surface area (Å²) in [5.41, 5.74) is 7.00. The lowest BCUT2D eigenvalue weighted by Gasteiger charge is -2.55. The Bertz CT molecular complexity index is 318. The molecule has 1 aliphatic heterocycles. The van der Waals surface area contributed by atoms with Crippen LogP contribution in [0.5, 0.6) is 0 Å². The lowest BCUT2D eigenvalue weighted by Crippen LogP contribution is -2.61. The molecule has 2 fully saturated rings. The van der Waals surface area contributed by atoms with Gasteiger partial charge in [0.25, 0.3) is 0 Å². The SMILES string of the molecule is CC1CC(C)(C)CC(CN)(N2CCC(N(C)C)CC2)C1. The van der Waals surface area contributed by atoms with E-state index in [1.54, 1.807) is 0 Å². The van der Waals surface area contributed by atoms with Crippen molar-refractivity contribution in [3.8, 4) is 0 Å². The maximum Gasteiger partial charge on any atom is 0.0339 e. The van der Waals surface area contributed by atoms with Crippen molar-refractivity contribution in [2.24, 2.45) is 17.1 Å². The molecule has 0 aromatic rings. The fraction of sp³-hybridized carbons (Fsp3) is 1.00. The third-order valence-electron chi connectivity index (χ3n) is 5.68. The predicted octanol–water partition coefficient (Wildman–Crippen LogP) is 2.56. The summed E-state index contributed by atoms with van der Waals surface area (Å²) in [5.74, 6) is 0.800. The maximum absolute atomic E-state index is 6.29. The van der Waals surface area contributed by atoms with Crippen molar-refractivity contribution in [3.63, 3.8) is 0 Å². The summed E-state index contributed by atoms with van der Waals surface area (Å²) >= 11 is 0. The van der Waals surface area contributed by atoms with E-state index in [4.69, 9.17) is 5.73 Å². The van der Waals surface area contributed by atoms with Crippen LogP contribution in [0.2, 0.25) is 0 Å². The lowest BCUT2D eigenvalue weighted by molar-refractivity contribution is -0.0312. The van der Waals surface area contributed by atoms with Gasteiger partial charge in [-0.3, -0.25) is 4.90 Å². The molecule has 118 valence electrons. The zero-order valence-corrected chi connectivity index (χ0v) is 14.3. The second kappa shape index (κ2) is 5.94. The van der Waals surface area contributed by atoms with Gasteiger partial charge in [-0.15, -0.1) is 0 Å². The van der Waals surface area contributed by atoms with E-state index in [1.165, 1.54) is 45.2 Å². The highest BCUT2D eigenvalue weighted by Crippen LogP contribution is 2.46. The van der Waals surface area contributed by atoms with Crippen molar-refractivity contribution in [2.45, 2.75) is 64.5 Å². The van der Waals surface area contributed by atoms with Crippen LogP contribution >= 0.6 is 0 Å². The van der Waals surface area contributed by atoms with Gasteiger partial charge in [-0.25, -0.2) is 0 Å². The van der Waals surface area contributed by atoms with Gasteiger partial charge in [-0.05, 0) is 57.5 Å². The average molecular weight is 281 g/mol. The van der Waals surface area contributed by atoms with E-state index in [0.29, 0.717) is 5.41 Å². The van der Waals surface area contributed by atoms with Gasteiger partial charge in [0.15, 0.2) is 0 Å². The average Bonchev–Trinajstić information content (AvgIpc) is 2.36. The lowest BCUT2D eigenvalue weighted by atomic mass is 9.63. The number of nitrogens with two attached hydrogens (primary N) is 1. The molecule has 2 aliphatic rings. The largest absolute Gasteiger partial charge is 0.329 e. The first-order valence-electron chi connectivity index (χ1n) is 8.40. The first-order chi connectivity index (χ1) is 9.28. The molecule has 0 bridgehead atoms. The molecule has 2 N–H and O–H groups in total. The van der Waals surface area contributed by atoms with Gasteiger partial charge in [0.05, 0.1) is 0 Å². The van der Waals surface area contributed by atoms with Crippen LogP contribution in [0.4, 0.5) is 0 Å². The summed E-state index contributed by atoms with van der Waals surface area (Å²) in [5, 5.41) is 0. The van der Waals surface area contributed by atoms with E-state index >= 15 is 0 Å². The summed E-state index contributed by atoms with van der Waals surface area (Å²) in [6.45, 7) is 10.6. The summed E-state index contributed by atoms with van der Waals surface area (Å²) in [7, 11) is 4.43. The monoisotopic (exact) mass is 281 g/mol. The van der Waals surface area contributed by atoms with Crippen LogP contribution < -0.4 is 5.73 Å². The van der Waals surface area contributed by atoms with Gasteiger partial charge in [-0.2, -0.15) is 0 Å². The Labute approximate surface area is 125 Å². The van der Waals surface area contributed by atoms with Crippen LogP contribution in [-0.4, -0.2) is 55.1 Å². The second-order valence-electron chi connectivity index (χ2n) is 8.46. The van der Waals surface area contributed by atoms with E-state index in [0.717, 1.165) is 18.5 Å². The van der Waals surface area contributed by atoms with Crippen LogP contribution in [0, 0.1) is 11.3 Å². The Morgan fingerprint density at radius 3 is 2.20 bits per heavy atom. The summed E-state index contributed by atoms with van der Waals surface area (Å²) < 4.78 is 0. The van der Waals surface area contributed by atoms with Crippen molar-refractivity contribution in [3.05, 3.63) is 0 Å². The van der Waals surface area contributed by atoms with Crippen LogP contribution in [0.15, 0.2) is 0 Å². The minimum atomic E-state index is 0.262. The van der Waals surface area contributed by atoms with E-state index < -0.39 is 0 Å². The van der Waals surface area contributed by atoms with Gasteiger partial charge in [0.1, 0.15) is 0 Å². The van der Waals surface area contributed by atoms with E-state index in [1.807, 2.05) is 0 Å². The van der Waals surface area contributed by atoms with Crippen LogP contribution in [-0.2, 0) is 0 Å². The molecule has 0 amide bonds. The number of hydrogen-bond acceptors (Lipinski definition) is 3. The zero-order valence-electron chi connectivity index (χ0n) is 14.3. The third kappa shape index (κ3) is 3.37. The molecule has 0 aromatic carbocycles. The fourth-order valence-corrected chi connectivity index (χ4v) is 5.08. The summed E-state index contributed by atoms with van der Waals surface area (Å²) in [6.07, 6.45) is 6.50. The molecule has 3 nitrogen and oxygen atoms in total. The van der Waals surface area contributed by atoms with Crippen LogP contribution in [0.25, 0.3) is 0 Å². The number of likely N-dealkylation sites (tertiary alicyclic amines) is 1. The van der Waals surface area contributed by atoms with E-state index in [9.17, 15) is 0 Å². The standard InChI is InChI=1S/C17H35N3/c1-14-10-16(2,3)12-17(11-14,13-18)20-8-6-15(7-9-20)19(4)5/h14-15H,6-13,18H2,1-5H3. The van der Waals surface area contributed by atoms with Gasteiger partial charge in [0.2, 0.25) is 0 Å². The van der Waals surface area contributed by atoms with Gasteiger partial charge >= 0.3 is 0 Å². The van der Waals surface area contributed by atoms with Crippen molar-refractivity contribution in [2.75, 3.05) is 33.7 Å². The Hall–Kier alpha value is -0.120. The van der Waals surface area contributed by atoms with Crippen molar-refractivity contribution in [1.82, 2.24) is 9.80 Å². The minimum absolute atomic E-state index is 0.262. The number of nitrogens with zero attached hydrogens (tertiary/aromatic N) is 2. The van der Waals surface area contributed by atoms with E-state index in [-0.39, 0.29) is 5.54 Å². The molecule has 0 spiro atoms.